The highest BCUT2D eigenvalue weighted by molar-refractivity contribution is 7.86. The fraction of sp³-hybridized carbons (Fsp3) is 0.400. The first kappa shape index (κ1) is 21.0. The minimum absolute atomic E-state index is 0.0944. The summed E-state index contributed by atoms with van der Waals surface area (Å²) >= 11 is 0. The highest BCUT2D eigenvalue weighted by atomic mass is 32.2. The first-order valence-corrected chi connectivity index (χ1v) is 12.0. The van der Waals surface area contributed by atoms with Crippen molar-refractivity contribution in [3.8, 4) is 0 Å². The molecule has 28 heavy (non-hydrogen) atoms. The average molecular weight is 425 g/mol. The lowest BCUT2D eigenvalue weighted by atomic mass is 9.75. The van der Waals surface area contributed by atoms with Gasteiger partial charge in [-0.05, 0) is 68.2 Å². The predicted octanol–water partition coefficient (Wildman–Crippen LogP) is 4.24. The molecule has 0 aliphatic heterocycles. The van der Waals surface area contributed by atoms with Crippen molar-refractivity contribution in [1.29, 1.82) is 0 Å². The molecule has 6 nitrogen and oxygen atoms in total. The Morgan fingerprint density at radius 1 is 0.750 bits per heavy atom. The zero-order valence-electron chi connectivity index (χ0n) is 15.8. The Balaban J connectivity index is 2.04. The highest BCUT2D eigenvalue weighted by Crippen LogP contribution is 2.44. The normalized spacial score (nSPS) is 20.9. The zero-order valence-corrected chi connectivity index (χ0v) is 17.4. The number of aryl methyl sites for hydroxylation is 2. The van der Waals surface area contributed by atoms with Gasteiger partial charge in [-0.2, -0.15) is 16.8 Å². The van der Waals surface area contributed by atoms with Crippen molar-refractivity contribution in [3.63, 3.8) is 0 Å². The van der Waals surface area contributed by atoms with E-state index in [1.165, 1.54) is 12.1 Å². The van der Waals surface area contributed by atoms with Crippen LogP contribution < -0.4 is 0 Å². The van der Waals surface area contributed by atoms with E-state index in [4.69, 9.17) is 0 Å². The van der Waals surface area contributed by atoms with Gasteiger partial charge in [-0.1, -0.05) is 41.8 Å². The summed E-state index contributed by atoms with van der Waals surface area (Å²) in [5.41, 5.74) is 2.90. The second-order valence-electron chi connectivity index (χ2n) is 7.59. The molecular weight excluding hydrogens is 400 g/mol. The summed E-state index contributed by atoms with van der Waals surface area (Å²) in [5.74, 6) is -0.268. The minimum atomic E-state index is -4.36. The molecule has 152 valence electrons. The molecule has 0 bridgehead atoms. The fourth-order valence-corrected chi connectivity index (χ4v) is 5.73. The minimum Gasteiger partial charge on any atom is -0.282 e. The van der Waals surface area contributed by atoms with Crippen LogP contribution in [0.4, 0.5) is 0 Å². The molecule has 0 aromatic heterocycles. The van der Waals surface area contributed by atoms with E-state index in [2.05, 4.69) is 0 Å². The molecule has 0 saturated heterocycles. The molecule has 0 amide bonds. The van der Waals surface area contributed by atoms with E-state index in [9.17, 15) is 25.9 Å². The zero-order chi connectivity index (χ0) is 20.7. The van der Waals surface area contributed by atoms with Crippen molar-refractivity contribution in [2.24, 2.45) is 0 Å². The lowest BCUT2D eigenvalue weighted by Gasteiger charge is -2.31. The van der Waals surface area contributed by atoms with Crippen LogP contribution in [0.15, 0.2) is 46.2 Å². The van der Waals surface area contributed by atoms with E-state index in [-0.39, 0.29) is 21.6 Å². The van der Waals surface area contributed by atoms with Crippen LogP contribution >= 0.6 is 0 Å². The Morgan fingerprint density at radius 3 is 1.50 bits per heavy atom. The Hall–Kier alpha value is -1.74. The lowest BCUT2D eigenvalue weighted by Crippen LogP contribution is -2.18. The Kier molecular flexibility index (Phi) is 5.69. The van der Waals surface area contributed by atoms with Crippen molar-refractivity contribution >= 4 is 20.2 Å². The lowest BCUT2D eigenvalue weighted by molar-refractivity contribution is 0.383. The van der Waals surface area contributed by atoms with Gasteiger partial charge in [0.2, 0.25) is 0 Å². The molecule has 0 heterocycles. The van der Waals surface area contributed by atoms with E-state index in [1.807, 2.05) is 13.8 Å². The highest BCUT2D eigenvalue weighted by Gasteiger charge is 2.31. The van der Waals surface area contributed by atoms with Crippen LogP contribution in [0, 0.1) is 13.8 Å². The predicted molar refractivity (Wildman–Crippen MR) is 106 cm³/mol. The van der Waals surface area contributed by atoms with Crippen molar-refractivity contribution in [2.75, 3.05) is 0 Å². The van der Waals surface area contributed by atoms with E-state index in [1.54, 1.807) is 24.3 Å². The van der Waals surface area contributed by atoms with Crippen LogP contribution in [0.1, 0.15) is 59.8 Å². The smallest absolute Gasteiger partial charge is 0.282 e. The molecule has 2 N–H and O–H groups in total. The maximum absolute atomic E-state index is 11.8. The molecule has 0 spiro atoms. The van der Waals surface area contributed by atoms with E-state index < -0.39 is 20.2 Å². The third kappa shape index (κ3) is 4.46. The van der Waals surface area contributed by atoms with Crippen molar-refractivity contribution in [1.82, 2.24) is 0 Å². The van der Waals surface area contributed by atoms with Gasteiger partial charge in [0.1, 0.15) is 0 Å². The molecule has 1 fully saturated rings. The van der Waals surface area contributed by atoms with Gasteiger partial charge in [0.15, 0.2) is 0 Å². The van der Waals surface area contributed by atoms with Gasteiger partial charge < -0.3 is 0 Å². The van der Waals surface area contributed by atoms with E-state index in [0.717, 1.165) is 30.4 Å². The summed E-state index contributed by atoms with van der Waals surface area (Å²) < 4.78 is 66.6. The van der Waals surface area contributed by atoms with Crippen LogP contribution in [0.5, 0.6) is 0 Å². The molecule has 2 unspecified atom stereocenters. The van der Waals surface area contributed by atoms with Gasteiger partial charge in [0.05, 0.1) is 9.79 Å². The first-order valence-electron chi connectivity index (χ1n) is 9.13. The summed E-state index contributed by atoms with van der Waals surface area (Å²) in [4.78, 5) is -0.189. The van der Waals surface area contributed by atoms with E-state index in [0.29, 0.717) is 17.5 Å². The molecule has 8 heteroatoms. The number of benzene rings is 2. The van der Waals surface area contributed by atoms with Gasteiger partial charge in [0.25, 0.3) is 20.2 Å². The number of rotatable bonds is 4. The molecular formula is C20H24O6S2. The number of hydrogen-bond donors (Lipinski definition) is 2. The molecule has 1 saturated carbocycles. The summed E-state index contributed by atoms with van der Waals surface area (Å²) in [6.07, 6.45) is 2.82. The van der Waals surface area contributed by atoms with Gasteiger partial charge in [-0.15, -0.1) is 0 Å². The molecule has 2 aromatic rings. The van der Waals surface area contributed by atoms with Crippen LogP contribution in [0.2, 0.25) is 0 Å². The summed E-state index contributed by atoms with van der Waals surface area (Å²) in [5, 5.41) is 0. The van der Waals surface area contributed by atoms with E-state index >= 15 is 0 Å². The standard InChI is InChI=1S/C20H24O6S2/c1-13-6-8-19(27(21,22)23)17(10-13)15-4-3-5-16(12-15)18-11-14(2)7-9-20(18)28(24,25)26/h6-11,15-16H,3-5,12H2,1-2H3,(H,21,22,23)(H,24,25,26). The van der Waals surface area contributed by atoms with Gasteiger partial charge in [-0.3, -0.25) is 9.11 Å². The largest absolute Gasteiger partial charge is 0.294 e. The van der Waals surface area contributed by atoms with Crippen molar-refractivity contribution in [3.05, 3.63) is 58.7 Å². The topological polar surface area (TPSA) is 109 Å². The second-order valence-corrected chi connectivity index (χ2v) is 10.4. The van der Waals surface area contributed by atoms with Crippen LogP contribution in [-0.4, -0.2) is 25.9 Å². The third-order valence-corrected chi connectivity index (χ3v) is 7.30. The Bertz CT molecular complexity index is 1020. The SMILES string of the molecule is Cc1ccc(S(=O)(=O)O)c(C2CCCC(c3cc(C)ccc3S(=O)(=O)O)C2)c1. The summed E-state index contributed by atoms with van der Waals surface area (Å²) in [6, 6.07) is 9.67. The monoisotopic (exact) mass is 424 g/mol. The third-order valence-electron chi connectivity index (χ3n) is 5.44. The Morgan fingerprint density at radius 2 is 1.14 bits per heavy atom. The number of hydrogen-bond acceptors (Lipinski definition) is 4. The maximum Gasteiger partial charge on any atom is 0.294 e. The van der Waals surface area contributed by atoms with Crippen LogP contribution in [-0.2, 0) is 20.2 Å². The maximum atomic E-state index is 11.8. The van der Waals surface area contributed by atoms with Gasteiger partial charge >= 0.3 is 0 Å². The molecule has 0 radical (unpaired) electrons. The van der Waals surface area contributed by atoms with Gasteiger partial charge in [0, 0.05) is 0 Å². The van der Waals surface area contributed by atoms with Crippen molar-refractivity contribution in [2.45, 2.75) is 61.2 Å². The average Bonchev–Trinajstić information content (AvgIpc) is 2.59. The van der Waals surface area contributed by atoms with Crippen molar-refractivity contribution < 1.29 is 25.9 Å². The van der Waals surface area contributed by atoms with Crippen LogP contribution in [0.25, 0.3) is 0 Å². The molecule has 3 rings (SSSR count). The molecule has 1 aliphatic carbocycles. The fourth-order valence-electron chi connectivity index (χ4n) is 4.20. The molecule has 2 atom stereocenters. The molecule has 1 aliphatic rings. The quantitative estimate of drug-likeness (QED) is 0.711. The second kappa shape index (κ2) is 7.59. The first-order chi connectivity index (χ1) is 13.0. The Labute approximate surface area is 166 Å². The molecule has 2 aromatic carbocycles. The van der Waals surface area contributed by atoms with Gasteiger partial charge in [-0.25, -0.2) is 0 Å². The summed E-state index contributed by atoms with van der Waals surface area (Å²) in [7, 11) is -8.71. The summed E-state index contributed by atoms with van der Waals surface area (Å²) in [6.45, 7) is 3.71. The van der Waals surface area contributed by atoms with Crippen LogP contribution in [0.3, 0.4) is 0 Å².